The number of fused-ring (bicyclic) bond motifs is 1. The van der Waals surface area contributed by atoms with E-state index in [0.717, 1.165) is 39.2 Å². The molecule has 3 aromatic heterocycles. The third-order valence-electron chi connectivity index (χ3n) is 4.51. The van der Waals surface area contributed by atoms with Gasteiger partial charge < -0.3 is 9.51 Å². The minimum Gasteiger partial charge on any atom is -0.359 e. The van der Waals surface area contributed by atoms with Gasteiger partial charge in [-0.25, -0.2) is 4.39 Å². The van der Waals surface area contributed by atoms with Crippen molar-refractivity contribution >= 4 is 10.9 Å². The molecule has 0 aliphatic carbocycles. The second kappa shape index (κ2) is 6.72. The minimum absolute atomic E-state index is 0.218. The van der Waals surface area contributed by atoms with Crippen LogP contribution >= 0.6 is 0 Å². The Morgan fingerprint density at radius 3 is 2.73 bits per heavy atom. The quantitative estimate of drug-likeness (QED) is 0.583. The summed E-state index contributed by atoms with van der Waals surface area (Å²) >= 11 is 0. The number of aryl methyl sites for hydroxylation is 1. The van der Waals surface area contributed by atoms with Gasteiger partial charge in [-0.2, -0.15) is 0 Å². The average molecular weight is 350 g/mol. The molecule has 4 rings (SSSR count). The van der Waals surface area contributed by atoms with Crippen molar-refractivity contribution in [3.8, 4) is 11.3 Å². The number of nitrogens with one attached hydrogen (secondary N) is 1. The van der Waals surface area contributed by atoms with Gasteiger partial charge >= 0.3 is 0 Å². The molecule has 0 unspecified atom stereocenters. The number of hydrogen-bond acceptors (Lipinski definition) is 4. The summed E-state index contributed by atoms with van der Waals surface area (Å²) < 4.78 is 18.9. The first-order valence-corrected chi connectivity index (χ1v) is 8.41. The molecule has 0 saturated carbocycles. The SMILES string of the molecule is Cc1c(CN(C)Cc2cc(-c3ccncc3)no2)[nH]c2ccc(F)cc12. The molecule has 0 spiro atoms. The van der Waals surface area contributed by atoms with Crippen LogP contribution < -0.4 is 0 Å². The summed E-state index contributed by atoms with van der Waals surface area (Å²) in [5, 5.41) is 5.05. The molecule has 0 atom stereocenters. The molecular weight excluding hydrogens is 331 g/mol. The Morgan fingerprint density at radius 1 is 1.12 bits per heavy atom. The number of hydrogen-bond donors (Lipinski definition) is 1. The number of aromatic amines is 1. The van der Waals surface area contributed by atoms with Crippen molar-refractivity contribution in [3.05, 3.63) is 71.6 Å². The third kappa shape index (κ3) is 3.23. The topological polar surface area (TPSA) is 58.0 Å². The zero-order chi connectivity index (χ0) is 18.1. The van der Waals surface area contributed by atoms with E-state index in [1.165, 1.54) is 6.07 Å². The van der Waals surface area contributed by atoms with Gasteiger partial charge in [-0.05, 0) is 49.9 Å². The van der Waals surface area contributed by atoms with Gasteiger partial charge in [0.2, 0.25) is 0 Å². The van der Waals surface area contributed by atoms with Crippen molar-refractivity contribution in [3.63, 3.8) is 0 Å². The molecule has 5 nitrogen and oxygen atoms in total. The van der Waals surface area contributed by atoms with E-state index >= 15 is 0 Å². The highest BCUT2D eigenvalue weighted by atomic mass is 19.1. The molecule has 132 valence electrons. The maximum absolute atomic E-state index is 13.5. The van der Waals surface area contributed by atoms with Crippen molar-refractivity contribution < 1.29 is 8.91 Å². The lowest BCUT2D eigenvalue weighted by Crippen LogP contribution is -2.17. The number of halogens is 1. The maximum atomic E-state index is 13.5. The molecule has 0 saturated heterocycles. The van der Waals surface area contributed by atoms with Crippen LogP contribution in [-0.2, 0) is 13.1 Å². The van der Waals surface area contributed by atoms with Crippen LogP contribution in [0.25, 0.3) is 22.2 Å². The first-order chi connectivity index (χ1) is 12.6. The maximum Gasteiger partial charge on any atom is 0.151 e. The Hall–Kier alpha value is -2.99. The summed E-state index contributed by atoms with van der Waals surface area (Å²) in [6, 6.07) is 10.6. The van der Waals surface area contributed by atoms with E-state index in [9.17, 15) is 4.39 Å². The summed E-state index contributed by atoms with van der Waals surface area (Å²) in [5.74, 6) is 0.573. The van der Waals surface area contributed by atoms with Gasteiger partial charge in [0, 0.05) is 47.2 Å². The van der Waals surface area contributed by atoms with Crippen LogP contribution in [0.3, 0.4) is 0 Å². The Morgan fingerprint density at radius 2 is 1.92 bits per heavy atom. The average Bonchev–Trinajstić information content (AvgIpc) is 3.22. The van der Waals surface area contributed by atoms with Crippen molar-refractivity contribution in [2.45, 2.75) is 20.0 Å². The molecule has 4 aromatic rings. The van der Waals surface area contributed by atoms with E-state index in [1.807, 2.05) is 32.2 Å². The summed E-state index contributed by atoms with van der Waals surface area (Å²) in [5.41, 5.74) is 4.87. The summed E-state index contributed by atoms with van der Waals surface area (Å²) in [6.07, 6.45) is 3.47. The van der Waals surface area contributed by atoms with Gasteiger partial charge in [-0.1, -0.05) is 5.16 Å². The third-order valence-corrected chi connectivity index (χ3v) is 4.51. The van der Waals surface area contributed by atoms with Crippen LogP contribution in [0.1, 0.15) is 17.0 Å². The molecule has 0 aliphatic heterocycles. The molecule has 1 aromatic carbocycles. The number of rotatable bonds is 5. The first kappa shape index (κ1) is 16.5. The van der Waals surface area contributed by atoms with Crippen LogP contribution in [-0.4, -0.2) is 27.1 Å². The summed E-state index contributed by atoms with van der Waals surface area (Å²) in [6.45, 7) is 3.34. The van der Waals surface area contributed by atoms with Gasteiger partial charge in [0.25, 0.3) is 0 Å². The van der Waals surface area contributed by atoms with Gasteiger partial charge in [0.15, 0.2) is 5.76 Å². The zero-order valence-corrected chi connectivity index (χ0v) is 14.7. The van der Waals surface area contributed by atoms with Gasteiger partial charge in [-0.3, -0.25) is 9.88 Å². The lowest BCUT2D eigenvalue weighted by atomic mass is 10.1. The number of nitrogens with zero attached hydrogens (tertiary/aromatic N) is 3. The minimum atomic E-state index is -0.218. The number of aromatic nitrogens is 3. The van der Waals surface area contributed by atoms with E-state index in [2.05, 4.69) is 20.0 Å². The monoisotopic (exact) mass is 350 g/mol. The van der Waals surface area contributed by atoms with E-state index in [4.69, 9.17) is 4.52 Å². The van der Waals surface area contributed by atoms with E-state index in [0.29, 0.717) is 13.1 Å². The fourth-order valence-corrected chi connectivity index (χ4v) is 3.15. The highest BCUT2D eigenvalue weighted by Crippen LogP contribution is 2.24. The van der Waals surface area contributed by atoms with Crippen LogP contribution in [0, 0.1) is 12.7 Å². The van der Waals surface area contributed by atoms with Crippen LogP contribution in [0.4, 0.5) is 4.39 Å². The smallest absolute Gasteiger partial charge is 0.151 e. The molecule has 0 amide bonds. The Balaban J connectivity index is 1.48. The van der Waals surface area contributed by atoms with E-state index < -0.39 is 0 Å². The molecule has 6 heteroatoms. The van der Waals surface area contributed by atoms with Crippen LogP contribution in [0.15, 0.2) is 53.3 Å². The molecule has 0 bridgehead atoms. The fraction of sp³-hybridized carbons (Fsp3) is 0.200. The number of pyridine rings is 1. The van der Waals surface area contributed by atoms with Crippen molar-refractivity contribution in [2.24, 2.45) is 0 Å². The van der Waals surface area contributed by atoms with E-state index in [-0.39, 0.29) is 5.82 Å². The van der Waals surface area contributed by atoms with Crippen LogP contribution in [0.2, 0.25) is 0 Å². The van der Waals surface area contributed by atoms with Gasteiger partial charge in [0.05, 0.1) is 6.54 Å². The largest absolute Gasteiger partial charge is 0.359 e. The number of H-pyrrole nitrogens is 1. The highest BCUT2D eigenvalue weighted by molar-refractivity contribution is 5.84. The molecule has 0 fully saturated rings. The van der Waals surface area contributed by atoms with Gasteiger partial charge in [-0.15, -0.1) is 0 Å². The lowest BCUT2D eigenvalue weighted by Gasteiger charge is -2.14. The normalized spacial score (nSPS) is 11.5. The standard InChI is InChI=1S/C20H19FN4O/c1-13-17-9-15(21)3-4-18(17)23-20(13)12-25(2)11-16-10-19(24-26-16)14-5-7-22-8-6-14/h3-10,23H,11-12H2,1-2H3. The van der Waals surface area contributed by atoms with Crippen molar-refractivity contribution in [1.29, 1.82) is 0 Å². The Labute approximate surface area is 150 Å². The predicted octanol–water partition coefficient (Wildman–Crippen LogP) is 4.30. The molecule has 1 N–H and O–H groups in total. The predicted molar refractivity (Wildman–Crippen MR) is 97.9 cm³/mol. The highest BCUT2D eigenvalue weighted by Gasteiger charge is 2.13. The summed E-state index contributed by atoms with van der Waals surface area (Å²) in [7, 11) is 2.01. The molecule has 26 heavy (non-hydrogen) atoms. The van der Waals surface area contributed by atoms with Crippen molar-refractivity contribution in [1.82, 2.24) is 20.0 Å². The number of benzene rings is 1. The lowest BCUT2D eigenvalue weighted by molar-refractivity contribution is 0.265. The van der Waals surface area contributed by atoms with Crippen LogP contribution in [0.5, 0.6) is 0 Å². The van der Waals surface area contributed by atoms with E-state index in [1.54, 1.807) is 24.5 Å². The molecule has 3 heterocycles. The second-order valence-corrected chi connectivity index (χ2v) is 6.51. The molecular formula is C20H19FN4O. The van der Waals surface area contributed by atoms with Crippen molar-refractivity contribution in [2.75, 3.05) is 7.05 Å². The Bertz CT molecular complexity index is 1040. The fourth-order valence-electron chi connectivity index (χ4n) is 3.15. The molecule has 0 radical (unpaired) electrons. The van der Waals surface area contributed by atoms with Gasteiger partial charge in [0.1, 0.15) is 11.5 Å². The first-order valence-electron chi connectivity index (χ1n) is 8.41. The Kier molecular flexibility index (Phi) is 4.26. The molecule has 0 aliphatic rings. The zero-order valence-electron chi connectivity index (χ0n) is 14.7. The summed E-state index contributed by atoms with van der Waals surface area (Å²) in [4.78, 5) is 9.52. The second-order valence-electron chi connectivity index (χ2n) is 6.51.